The number of halogens is 1. The second-order valence-corrected chi connectivity index (χ2v) is 7.71. The molecule has 0 N–H and O–H groups in total. The van der Waals surface area contributed by atoms with Gasteiger partial charge in [-0.25, -0.2) is 4.39 Å². The Morgan fingerprint density at radius 3 is 2.48 bits per heavy atom. The van der Waals surface area contributed by atoms with Gasteiger partial charge in [-0.2, -0.15) is 0 Å². The number of amides is 1. The van der Waals surface area contributed by atoms with E-state index in [-0.39, 0.29) is 11.7 Å². The van der Waals surface area contributed by atoms with Crippen LogP contribution < -0.4 is 0 Å². The van der Waals surface area contributed by atoms with Crippen LogP contribution in [-0.4, -0.2) is 90.5 Å². The monoisotopic (exact) mass is 376 g/mol. The fourth-order valence-corrected chi connectivity index (χ4v) is 3.96. The van der Waals surface area contributed by atoms with Crippen molar-refractivity contribution in [3.63, 3.8) is 0 Å². The molecule has 1 atom stereocenters. The lowest BCUT2D eigenvalue weighted by Crippen LogP contribution is -2.54. The zero-order valence-corrected chi connectivity index (χ0v) is 16.7. The van der Waals surface area contributed by atoms with Crippen LogP contribution in [0, 0.1) is 0 Å². The van der Waals surface area contributed by atoms with Crippen molar-refractivity contribution in [2.24, 2.45) is 0 Å². The molecule has 0 radical (unpaired) electrons. The van der Waals surface area contributed by atoms with E-state index < -0.39 is 0 Å². The summed E-state index contributed by atoms with van der Waals surface area (Å²) >= 11 is 0. The summed E-state index contributed by atoms with van der Waals surface area (Å²) in [6.45, 7) is 11.7. The van der Waals surface area contributed by atoms with Gasteiger partial charge in [-0.1, -0.05) is 19.1 Å². The third-order valence-corrected chi connectivity index (χ3v) is 6.02. The smallest absolute Gasteiger partial charge is 0.236 e. The molecule has 0 aromatic heterocycles. The summed E-state index contributed by atoms with van der Waals surface area (Å²) < 4.78 is 14.2. The Labute approximate surface area is 162 Å². The first kappa shape index (κ1) is 20.1. The normalized spacial score (nSPS) is 23.7. The highest BCUT2D eigenvalue weighted by Crippen LogP contribution is 2.21. The fraction of sp³-hybridized carbons (Fsp3) is 0.667. The van der Waals surface area contributed by atoms with Crippen LogP contribution in [0.1, 0.15) is 26.7 Å². The van der Waals surface area contributed by atoms with Gasteiger partial charge in [0.1, 0.15) is 5.83 Å². The number of allylic oxidation sites excluding steroid dienone is 5. The number of carbonyl (C=O) groups excluding carboxylic acids is 1. The first-order chi connectivity index (χ1) is 13.1. The summed E-state index contributed by atoms with van der Waals surface area (Å²) in [7, 11) is 0. The summed E-state index contributed by atoms with van der Waals surface area (Å²) in [5, 5.41) is 0. The molecular weight excluding hydrogens is 343 g/mol. The van der Waals surface area contributed by atoms with Crippen molar-refractivity contribution >= 4 is 5.91 Å². The van der Waals surface area contributed by atoms with E-state index in [2.05, 4.69) is 28.5 Å². The van der Waals surface area contributed by atoms with E-state index in [1.165, 1.54) is 0 Å². The Morgan fingerprint density at radius 1 is 1.11 bits per heavy atom. The molecule has 0 aromatic rings. The summed E-state index contributed by atoms with van der Waals surface area (Å²) in [6.07, 6.45) is 9.17. The number of rotatable bonds is 5. The van der Waals surface area contributed by atoms with Gasteiger partial charge in [-0.15, -0.1) is 0 Å². The molecule has 5 nitrogen and oxygen atoms in total. The second kappa shape index (κ2) is 9.51. The minimum absolute atomic E-state index is 0.135. The number of piperazine rings is 2. The standard InChI is InChI=1S/C21H33FN4O/c1-3-18(2)24-13-15-26(16-14-24)21(27)17-23-9-11-25(12-10-23)20-8-6-4-5-7-19(20)22/h4,6-8,18H,3,5,9-17H2,1-2H3. The Morgan fingerprint density at radius 2 is 1.81 bits per heavy atom. The predicted octanol–water partition coefficient (Wildman–Crippen LogP) is 2.24. The zero-order valence-electron chi connectivity index (χ0n) is 16.7. The highest BCUT2D eigenvalue weighted by Gasteiger charge is 2.27. The molecular formula is C21H33FN4O. The van der Waals surface area contributed by atoms with Gasteiger partial charge in [0.25, 0.3) is 0 Å². The quantitative estimate of drug-likeness (QED) is 0.736. The second-order valence-electron chi connectivity index (χ2n) is 7.71. The van der Waals surface area contributed by atoms with Crippen LogP contribution in [0.25, 0.3) is 0 Å². The van der Waals surface area contributed by atoms with Crippen LogP contribution in [0.15, 0.2) is 35.8 Å². The van der Waals surface area contributed by atoms with Gasteiger partial charge in [-0.05, 0) is 31.9 Å². The molecule has 2 aliphatic heterocycles. The number of hydrogen-bond donors (Lipinski definition) is 0. The molecule has 0 spiro atoms. The van der Waals surface area contributed by atoms with Crippen molar-refractivity contribution in [1.82, 2.24) is 19.6 Å². The van der Waals surface area contributed by atoms with Gasteiger partial charge >= 0.3 is 0 Å². The molecule has 0 saturated carbocycles. The van der Waals surface area contributed by atoms with E-state index in [1.54, 1.807) is 6.08 Å². The molecule has 0 aromatic carbocycles. The summed E-state index contributed by atoms with van der Waals surface area (Å²) in [5.41, 5.74) is 0.677. The summed E-state index contributed by atoms with van der Waals surface area (Å²) in [4.78, 5) is 21.4. The topological polar surface area (TPSA) is 30.0 Å². The maximum atomic E-state index is 14.2. The Bertz CT molecular complexity index is 599. The van der Waals surface area contributed by atoms with Crippen LogP contribution in [0.2, 0.25) is 0 Å². The van der Waals surface area contributed by atoms with Crippen molar-refractivity contribution in [3.05, 3.63) is 35.8 Å². The van der Waals surface area contributed by atoms with Gasteiger partial charge in [0.15, 0.2) is 0 Å². The van der Waals surface area contributed by atoms with Crippen molar-refractivity contribution in [2.75, 3.05) is 58.9 Å². The molecule has 2 heterocycles. The van der Waals surface area contributed by atoms with Crippen molar-refractivity contribution in [2.45, 2.75) is 32.7 Å². The zero-order chi connectivity index (χ0) is 19.2. The SMILES string of the molecule is CCC(C)N1CCN(C(=O)CN2CCN(C3=CC=CCC=C3F)CC2)CC1. The molecule has 1 unspecified atom stereocenters. The Balaban J connectivity index is 1.44. The van der Waals surface area contributed by atoms with E-state index in [9.17, 15) is 9.18 Å². The number of nitrogens with zero attached hydrogens (tertiary/aromatic N) is 4. The summed E-state index contributed by atoms with van der Waals surface area (Å²) in [5.74, 6) is 0.0960. The van der Waals surface area contributed by atoms with Crippen LogP contribution in [-0.2, 0) is 4.79 Å². The minimum atomic E-state index is -0.135. The van der Waals surface area contributed by atoms with Crippen molar-refractivity contribution in [1.29, 1.82) is 0 Å². The van der Waals surface area contributed by atoms with Crippen LogP contribution >= 0.6 is 0 Å². The Hall–Kier alpha value is -1.66. The lowest BCUT2D eigenvalue weighted by molar-refractivity contribution is -0.134. The molecule has 27 heavy (non-hydrogen) atoms. The van der Waals surface area contributed by atoms with Gasteiger partial charge in [0, 0.05) is 58.4 Å². The lowest BCUT2D eigenvalue weighted by atomic mass is 10.2. The maximum absolute atomic E-state index is 14.2. The van der Waals surface area contributed by atoms with Crippen molar-refractivity contribution in [3.8, 4) is 0 Å². The average molecular weight is 377 g/mol. The molecule has 0 bridgehead atoms. The van der Waals surface area contributed by atoms with Gasteiger partial charge in [0.2, 0.25) is 5.91 Å². The largest absolute Gasteiger partial charge is 0.367 e. The van der Waals surface area contributed by atoms with Crippen LogP contribution in [0.4, 0.5) is 4.39 Å². The fourth-order valence-electron chi connectivity index (χ4n) is 3.96. The van der Waals surface area contributed by atoms with Crippen LogP contribution in [0.5, 0.6) is 0 Å². The minimum Gasteiger partial charge on any atom is -0.367 e. The first-order valence-electron chi connectivity index (χ1n) is 10.3. The molecule has 3 rings (SSSR count). The average Bonchev–Trinajstić information content (AvgIpc) is 2.92. The van der Waals surface area contributed by atoms with Gasteiger partial charge < -0.3 is 9.80 Å². The molecule has 6 heteroatoms. The van der Waals surface area contributed by atoms with E-state index in [0.717, 1.165) is 58.8 Å². The molecule has 2 saturated heterocycles. The lowest BCUT2D eigenvalue weighted by Gasteiger charge is -2.40. The highest BCUT2D eigenvalue weighted by atomic mass is 19.1. The van der Waals surface area contributed by atoms with E-state index in [1.807, 2.05) is 23.1 Å². The first-order valence-corrected chi connectivity index (χ1v) is 10.3. The number of carbonyl (C=O) groups is 1. The molecule has 1 amide bonds. The number of hydrogen-bond acceptors (Lipinski definition) is 4. The third-order valence-electron chi connectivity index (χ3n) is 6.02. The Kier molecular flexibility index (Phi) is 7.07. The predicted molar refractivity (Wildman–Crippen MR) is 107 cm³/mol. The van der Waals surface area contributed by atoms with Crippen LogP contribution in [0.3, 0.4) is 0 Å². The maximum Gasteiger partial charge on any atom is 0.236 e. The molecule has 150 valence electrons. The van der Waals surface area contributed by atoms with E-state index in [4.69, 9.17) is 0 Å². The third kappa shape index (κ3) is 5.20. The van der Waals surface area contributed by atoms with Gasteiger partial charge in [0.05, 0.1) is 12.2 Å². The van der Waals surface area contributed by atoms with E-state index >= 15 is 0 Å². The van der Waals surface area contributed by atoms with Gasteiger partial charge in [-0.3, -0.25) is 14.6 Å². The van der Waals surface area contributed by atoms with E-state index in [0.29, 0.717) is 24.7 Å². The molecule has 1 aliphatic carbocycles. The molecule has 3 aliphatic rings. The van der Waals surface area contributed by atoms with Crippen molar-refractivity contribution < 1.29 is 9.18 Å². The molecule has 2 fully saturated rings. The summed E-state index contributed by atoms with van der Waals surface area (Å²) in [6, 6.07) is 0.595. The highest BCUT2D eigenvalue weighted by molar-refractivity contribution is 5.78.